The second-order valence-electron chi connectivity index (χ2n) is 3.60. The maximum Gasteiger partial charge on any atom is 0.310 e. The van der Waals surface area contributed by atoms with E-state index in [1.54, 1.807) is 0 Å². The highest BCUT2D eigenvalue weighted by atomic mass is 16.5. The van der Waals surface area contributed by atoms with Crippen LogP contribution >= 0.6 is 0 Å². The van der Waals surface area contributed by atoms with Crippen molar-refractivity contribution in [1.82, 2.24) is 0 Å². The number of terminal acetylenes is 1. The summed E-state index contributed by atoms with van der Waals surface area (Å²) < 4.78 is 4.88. The van der Waals surface area contributed by atoms with E-state index >= 15 is 0 Å². The number of esters is 1. The van der Waals surface area contributed by atoms with Gasteiger partial charge in [-0.1, -0.05) is 12.3 Å². The van der Waals surface area contributed by atoms with Crippen LogP contribution in [0.4, 0.5) is 0 Å². The van der Waals surface area contributed by atoms with Gasteiger partial charge < -0.3 is 4.74 Å². The van der Waals surface area contributed by atoms with E-state index in [2.05, 4.69) is 5.92 Å². The molecule has 2 saturated carbocycles. The van der Waals surface area contributed by atoms with Crippen molar-refractivity contribution in [2.45, 2.75) is 19.3 Å². The van der Waals surface area contributed by atoms with Gasteiger partial charge in [0.05, 0.1) is 5.92 Å². The Kier molecular flexibility index (Phi) is 1.80. The summed E-state index contributed by atoms with van der Waals surface area (Å²) in [5.74, 6) is 3.71. The molecule has 2 aliphatic carbocycles. The third-order valence-electron chi connectivity index (χ3n) is 2.98. The smallest absolute Gasteiger partial charge is 0.310 e. The SMILES string of the molecule is C#CCOC(=O)C1C2CCCC21. The molecule has 2 heteroatoms. The zero-order valence-corrected chi connectivity index (χ0v) is 6.95. The van der Waals surface area contributed by atoms with Crippen LogP contribution in [0.5, 0.6) is 0 Å². The van der Waals surface area contributed by atoms with E-state index in [0.29, 0.717) is 11.8 Å². The Morgan fingerprint density at radius 2 is 2.17 bits per heavy atom. The Labute approximate surface area is 72.3 Å². The number of carbonyl (C=O) groups is 1. The van der Waals surface area contributed by atoms with Crippen molar-refractivity contribution >= 4 is 5.97 Å². The number of carbonyl (C=O) groups excluding carboxylic acids is 1. The maximum atomic E-state index is 11.3. The van der Waals surface area contributed by atoms with Crippen molar-refractivity contribution in [1.29, 1.82) is 0 Å². The quantitative estimate of drug-likeness (QED) is 0.453. The number of fused-ring (bicyclic) bond motifs is 1. The Morgan fingerprint density at radius 3 is 2.75 bits per heavy atom. The number of ether oxygens (including phenoxy) is 1. The van der Waals surface area contributed by atoms with Crippen LogP contribution in [0.25, 0.3) is 0 Å². The summed E-state index contributed by atoms with van der Waals surface area (Å²) >= 11 is 0. The van der Waals surface area contributed by atoms with Crippen molar-refractivity contribution in [3.05, 3.63) is 0 Å². The van der Waals surface area contributed by atoms with Crippen LogP contribution in [0.15, 0.2) is 0 Å². The standard InChI is InChI=1S/C10H12O2/c1-2-6-12-10(11)9-7-4-3-5-8(7)9/h1,7-9H,3-6H2. The van der Waals surface area contributed by atoms with Crippen molar-refractivity contribution in [3.8, 4) is 12.3 Å². The largest absolute Gasteiger partial charge is 0.452 e. The van der Waals surface area contributed by atoms with E-state index in [4.69, 9.17) is 11.2 Å². The molecule has 2 unspecified atom stereocenters. The van der Waals surface area contributed by atoms with E-state index in [1.807, 2.05) is 0 Å². The Morgan fingerprint density at radius 1 is 1.50 bits per heavy atom. The average molecular weight is 164 g/mol. The van der Waals surface area contributed by atoms with Gasteiger partial charge in [0.1, 0.15) is 0 Å². The molecule has 0 aromatic carbocycles. The maximum absolute atomic E-state index is 11.3. The molecule has 0 amide bonds. The molecule has 64 valence electrons. The summed E-state index contributed by atoms with van der Waals surface area (Å²) in [7, 11) is 0. The molecule has 2 rings (SSSR count). The van der Waals surface area contributed by atoms with E-state index in [9.17, 15) is 4.79 Å². The average Bonchev–Trinajstić information content (AvgIpc) is 2.56. The topological polar surface area (TPSA) is 26.3 Å². The van der Waals surface area contributed by atoms with Crippen molar-refractivity contribution in [2.24, 2.45) is 17.8 Å². The van der Waals surface area contributed by atoms with Crippen molar-refractivity contribution < 1.29 is 9.53 Å². The lowest BCUT2D eigenvalue weighted by molar-refractivity contribution is -0.144. The van der Waals surface area contributed by atoms with Gasteiger partial charge in [-0.2, -0.15) is 0 Å². The molecule has 0 N–H and O–H groups in total. The Bertz CT molecular complexity index is 229. The third-order valence-corrected chi connectivity index (χ3v) is 2.98. The van der Waals surface area contributed by atoms with Crippen molar-refractivity contribution in [3.63, 3.8) is 0 Å². The zero-order chi connectivity index (χ0) is 8.55. The molecule has 2 atom stereocenters. The summed E-state index contributed by atoms with van der Waals surface area (Å²) in [4.78, 5) is 11.3. The van der Waals surface area contributed by atoms with Gasteiger partial charge in [-0.25, -0.2) is 0 Å². The van der Waals surface area contributed by atoms with Gasteiger partial charge >= 0.3 is 5.97 Å². The first kappa shape index (κ1) is 7.67. The van der Waals surface area contributed by atoms with Crippen LogP contribution in [0.1, 0.15) is 19.3 Å². The molecule has 2 aliphatic rings. The van der Waals surface area contributed by atoms with Gasteiger partial charge in [0.15, 0.2) is 6.61 Å². The number of rotatable bonds is 2. The molecule has 0 spiro atoms. The summed E-state index contributed by atoms with van der Waals surface area (Å²) in [5.41, 5.74) is 0. The van der Waals surface area contributed by atoms with Crippen LogP contribution in [0, 0.1) is 30.1 Å². The molecular weight excluding hydrogens is 152 g/mol. The Hall–Kier alpha value is -0.970. The highest BCUT2D eigenvalue weighted by Gasteiger charge is 2.57. The normalized spacial score (nSPS) is 36.8. The minimum atomic E-state index is -0.0670. The molecule has 2 fully saturated rings. The third kappa shape index (κ3) is 1.10. The number of hydrogen-bond donors (Lipinski definition) is 0. The molecule has 0 saturated heterocycles. The molecule has 2 nitrogen and oxygen atoms in total. The predicted molar refractivity (Wildman–Crippen MR) is 44.1 cm³/mol. The summed E-state index contributed by atoms with van der Waals surface area (Å²) in [6.07, 6.45) is 8.69. The van der Waals surface area contributed by atoms with E-state index in [1.165, 1.54) is 19.3 Å². The highest BCUT2D eigenvalue weighted by Crippen LogP contribution is 2.57. The number of hydrogen-bond acceptors (Lipinski definition) is 2. The molecule has 12 heavy (non-hydrogen) atoms. The lowest BCUT2D eigenvalue weighted by Gasteiger charge is -2.01. The predicted octanol–water partition coefficient (Wildman–Crippen LogP) is 1.21. The fraction of sp³-hybridized carbons (Fsp3) is 0.700. The minimum Gasteiger partial charge on any atom is -0.452 e. The van der Waals surface area contributed by atoms with Gasteiger partial charge in [-0.15, -0.1) is 6.42 Å². The van der Waals surface area contributed by atoms with Crippen LogP contribution < -0.4 is 0 Å². The second-order valence-corrected chi connectivity index (χ2v) is 3.60. The van der Waals surface area contributed by atoms with E-state index in [0.717, 1.165) is 0 Å². The van der Waals surface area contributed by atoms with Gasteiger partial charge in [-0.05, 0) is 24.7 Å². The van der Waals surface area contributed by atoms with E-state index < -0.39 is 0 Å². The molecule has 0 aromatic rings. The van der Waals surface area contributed by atoms with Crippen LogP contribution in [-0.2, 0) is 9.53 Å². The summed E-state index contributed by atoms with van der Waals surface area (Å²) in [5, 5.41) is 0. The highest BCUT2D eigenvalue weighted by molar-refractivity contribution is 5.76. The Balaban J connectivity index is 1.81. The molecule has 0 aliphatic heterocycles. The molecule has 0 radical (unpaired) electrons. The van der Waals surface area contributed by atoms with Crippen molar-refractivity contribution in [2.75, 3.05) is 6.61 Å². The lowest BCUT2D eigenvalue weighted by atomic mass is 10.1. The first-order valence-corrected chi connectivity index (χ1v) is 4.44. The molecule has 0 bridgehead atoms. The van der Waals surface area contributed by atoms with Gasteiger partial charge in [-0.3, -0.25) is 4.79 Å². The first-order chi connectivity index (χ1) is 5.84. The van der Waals surface area contributed by atoms with Crippen LogP contribution in [0.2, 0.25) is 0 Å². The monoisotopic (exact) mass is 164 g/mol. The fourth-order valence-electron chi connectivity index (χ4n) is 2.38. The minimum absolute atomic E-state index is 0.0670. The molecule has 0 aromatic heterocycles. The second kappa shape index (κ2) is 2.82. The van der Waals surface area contributed by atoms with Crippen LogP contribution in [-0.4, -0.2) is 12.6 Å². The zero-order valence-electron chi connectivity index (χ0n) is 6.95. The molecule has 0 heterocycles. The summed E-state index contributed by atoms with van der Waals surface area (Å²) in [6.45, 7) is 0.134. The molecular formula is C10H12O2. The van der Waals surface area contributed by atoms with Gasteiger partial charge in [0.2, 0.25) is 0 Å². The van der Waals surface area contributed by atoms with Crippen LogP contribution in [0.3, 0.4) is 0 Å². The van der Waals surface area contributed by atoms with Gasteiger partial charge in [0.25, 0.3) is 0 Å². The lowest BCUT2D eigenvalue weighted by Crippen LogP contribution is -2.10. The summed E-state index contributed by atoms with van der Waals surface area (Å²) in [6, 6.07) is 0. The first-order valence-electron chi connectivity index (χ1n) is 4.44. The fourth-order valence-corrected chi connectivity index (χ4v) is 2.38. The van der Waals surface area contributed by atoms with E-state index in [-0.39, 0.29) is 18.5 Å². The van der Waals surface area contributed by atoms with Gasteiger partial charge in [0, 0.05) is 0 Å².